The van der Waals surface area contributed by atoms with Crippen molar-refractivity contribution in [2.45, 2.75) is 70.6 Å². The summed E-state index contributed by atoms with van der Waals surface area (Å²) in [6.45, 7) is 14.6. The first kappa shape index (κ1) is 31.0. The van der Waals surface area contributed by atoms with Crippen molar-refractivity contribution in [3.63, 3.8) is 0 Å². The van der Waals surface area contributed by atoms with Crippen LogP contribution in [0.5, 0.6) is 0 Å². The van der Waals surface area contributed by atoms with E-state index < -0.39 is 0 Å². The van der Waals surface area contributed by atoms with E-state index >= 15 is 0 Å². The van der Waals surface area contributed by atoms with E-state index in [0.717, 1.165) is 0 Å². The first-order valence-corrected chi connectivity index (χ1v) is 19.3. The van der Waals surface area contributed by atoms with Crippen LogP contribution in [-0.2, 0) is 16.2 Å². The summed E-state index contributed by atoms with van der Waals surface area (Å²) in [7, 11) is 0. The Labute approximate surface area is 311 Å². The van der Waals surface area contributed by atoms with Crippen LogP contribution in [0.1, 0.15) is 76.6 Å². The molecule has 258 valence electrons. The van der Waals surface area contributed by atoms with Crippen LogP contribution in [-0.4, -0.2) is 9.13 Å². The van der Waals surface area contributed by atoms with Gasteiger partial charge in [0.1, 0.15) is 0 Å². The second-order valence-electron chi connectivity index (χ2n) is 17.7. The molecule has 0 amide bonds. The SMILES string of the molecule is CC1(C)CCC(C)(C)c2cc3c(cc21)c1cc2c4c5ccccc5ccc4n(-c4ccccc4)c2cc1n3-c1ccc2c(c1)C(C)(C)c1ccccc1-2. The highest BCUT2D eigenvalue weighted by Gasteiger charge is 2.39. The predicted octanol–water partition coefficient (Wildman–Crippen LogP) is 13.7. The molecule has 7 aromatic carbocycles. The van der Waals surface area contributed by atoms with E-state index in [2.05, 4.69) is 184 Å². The fourth-order valence-electron chi connectivity index (χ4n) is 10.3. The molecular formula is C51H44N2. The lowest BCUT2D eigenvalue weighted by molar-refractivity contribution is 0.332. The maximum atomic E-state index is 2.59. The number of fused-ring (bicyclic) bond motifs is 12. The van der Waals surface area contributed by atoms with Crippen molar-refractivity contribution in [2.75, 3.05) is 0 Å². The lowest BCUT2D eigenvalue weighted by atomic mass is 9.63. The van der Waals surface area contributed by atoms with Crippen molar-refractivity contribution in [3.8, 4) is 22.5 Å². The molecule has 0 atom stereocenters. The number of nitrogens with zero attached hydrogens (tertiary/aromatic N) is 2. The van der Waals surface area contributed by atoms with Crippen LogP contribution >= 0.6 is 0 Å². The Morgan fingerprint density at radius 2 is 1.02 bits per heavy atom. The quantitative estimate of drug-likeness (QED) is 0.172. The Kier molecular flexibility index (Phi) is 6.01. The maximum absolute atomic E-state index is 2.59. The average Bonchev–Trinajstić information content (AvgIpc) is 3.75. The maximum Gasteiger partial charge on any atom is 0.0562 e. The smallest absolute Gasteiger partial charge is 0.0562 e. The molecule has 0 fully saturated rings. The number of hydrogen-bond donors (Lipinski definition) is 0. The van der Waals surface area contributed by atoms with E-state index in [1.165, 1.54) is 112 Å². The van der Waals surface area contributed by atoms with Crippen LogP contribution in [0, 0.1) is 0 Å². The predicted molar refractivity (Wildman–Crippen MR) is 225 cm³/mol. The standard InChI is InChI=1S/C51H44N2/c1-49(2)24-25-50(3,4)43-29-45-38(28-42(43)49)37-27-39-47(52(32-15-8-7-9-16-32)44-23-20-31-14-10-11-17-34(31)48(39)44)30-46(37)53(45)33-21-22-36-35-18-12-13-19-40(35)51(5,6)41(36)26-33/h7-23,26-30H,24-25H2,1-6H3. The van der Waals surface area contributed by atoms with Crippen molar-refractivity contribution in [2.24, 2.45) is 0 Å². The summed E-state index contributed by atoms with van der Waals surface area (Å²) in [6.07, 6.45) is 2.38. The number of hydrogen-bond acceptors (Lipinski definition) is 0. The Balaban J connectivity index is 1.32. The van der Waals surface area contributed by atoms with Crippen molar-refractivity contribution >= 4 is 54.4 Å². The summed E-state index contributed by atoms with van der Waals surface area (Å²) >= 11 is 0. The normalized spacial score (nSPS) is 16.8. The first-order chi connectivity index (χ1) is 25.5. The molecule has 0 spiro atoms. The molecule has 0 N–H and O–H groups in total. The summed E-state index contributed by atoms with van der Waals surface area (Å²) in [4.78, 5) is 0. The minimum Gasteiger partial charge on any atom is -0.309 e. The van der Waals surface area contributed by atoms with Crippen LogP contribution in [0.2, 0.25) is 0 Å². The van der Waals surface area contributed by atoms with Gasteiger partial charge in [-0.05, 0) is 122 Å². The number of benzene rings is 7. The molecule has 0 aliphatic heterocycles. The number of aromatic nitrogens is 2. The fraction of sp³-hybridized carbons (Fsp3) is 0.216. The zero-order valence-corrected chi connectivity index (χ0v) is 31.5. The molecule has 53 heavy (non-hydrogen) atoms. The molecule has 2 heterocycles. The van der Waals surface area contributed by atoms with Gasteiger partial charge in [-0.25, -0.2) is 0 Å². The van der Waals surface area contributed by atoms with Crippen molar-refractivity contribution in [1.82, 2.24) is 9.13 Å². The van der Waals surface area contributed by atoms with Gasteiger partial charge >= 0.3 is 0 Å². The van der Waals surface area contributed by atoms with E-state index in [4.69, 9.17) is 0 Å². The Morgan fingerprint density at radius 3 is 1.83 bits per heavy atom. The third-order valence-electron chi connectivity index (χ3n) is 13.4. The van der Waals surface area contributed by atoms with Crippen LogP contribution in [0.3, 0.4) is 0 Å². The Hall–Kier alpha value is -5.60. The van der Waals surface area contributed by atoms with Crippen LogP contribution < -0.4 is 0 Å². The molecule has 9 aromatic rings. The highest BCUT2D eigenvalue weighted by atomic mass is 15.0. The number of rotatable bonds is 2. The van der Waals surface area contributed by atoms with Gasteiger partial charge in [0, 0.05) is 38.3 Å². The molecule has 2 nitrogen and oxygen atoms in total. The van der Waals surface area contributed by atoms with Gasteiger partial charge in [0.25, 0.3) is 0 Å². The molecule has 2 aliphatic rings. The molecular weight excluding hydrogens is 641 g/mol. The van der Waals surface area contributed by atoms with Crippen molar-refractivity contribution in [3.05, 3.63) is 156 Å². The Morgan fingerprint density at radius 1 is 0.396 bits per heavy atom. The topological polar surface area (TPSA) is 9.86 Å². The highest BCUT2D eigenvalue weighted by molar-refractivity contribution is 6.25. The molecule has 2 aliphatic carbocycles. The minimum atomic E-state index is -0.0834. The van der Waals surface area contributed by atoms with Gasteiger partial charge in [-0.15, -0.1) is 0 Å². The van der Waals surface area contributed by atoms with Gasteiger partial charge in [-0.1, -0.05) is 120 Å². The summed E-state index contributed by atoms with van der Waals surface area (Å²) in [5.41, 5.74) is 16.1. The first-order valence-electron chi connectivity index (χ1n) is 19.3. The van der Waals surface area contributed by atoms with E-state index in [-0.39, 0.29) is 16.2 Å². The van der Waals surface area contributed by atoms with Gasteiger partial charge in [0.15, 0.2) is 0 Å². The number of para-hydroxylation sites is 1. The van der Waals surface area contributed by atoms with Gasteiger partial charge in [-0.3, -0.25) is 0 Å². The second-order valence-corrected chi connectivity index (χ2v) is 17.7. The third kappa shape index (κ3) is 4.10. The lowest BCUT2D eigenvalue weighted by Gasteiger charge is -2.42. The van der Waals surface area contributed by atoms with Gasteiger partial charge in [0.05, 0.1) is 22.1 Å². The largest absolute Gasteiger partial charge is 0.309 e. The lowest BCUT2D eigenvalue weighted by Crippen LogP contribution is -2.33. The van der Waals surface area contributed by atoms with Crippen molar-refractivity contribution < 1.29 is 0 Å². The molecule has 11 rings (SSSR count). The molecule has 0 radical (unpaired) electrons. The second kappa shape index (κ2) is 10.3. The molecule has 2 aromatic heterocycles. The zero-order valence-electron chi connectivity index (χ0n) is 31.5. The summed E-state index contributed by atoms with van der Waals surface area (Å²) in [5.74, 6) is 0. The van der Waals surface area contributed by atoms with Gasteiger partial charge < -0.3 is 9.13 Å². The summed E-state index contributed by atoms with van der Waals surface area (Å²) in [6, 6.07) is 50.8. The van der Waals surface area contributed by atoms with E-state index in [1.54, 1.807) is 0 Å². The van der Waals surface area contributed by atoms with Crippen LogP contribution in [0.25, 0.3) is 76.9 Å². The van der Waals surface area contributed by atoms with Gasteiger partial charge in [0.2, 0.25) is 0 Å². The molecule has 0 bridgehead atoms. The van der Waals surface area contributed by atoms with Gasteiger partial charge in [-0.2, -0.15) is 0 Å². The average molecular weight is 685 g/mol. The van der Waals surface area contributed by atoms with E-state index in [1.807, 2.05) is 0 Å². The molecule has 0 saturated carbocycles. The van der Waals surface area contributed by atoms with E-state index in [0.29, 0.717) is 0 Å². The fourth-order valence-corrected chi connectivity index (χ4v) is 10.3. The highest BCUT2D eigenvalue weighted by Crippen LogP contribution is 2.52. The molecule has 0 saturated heterocycles. The monoisotopic (exact) mass is 684 g/mol. The third-order valence-corrected chi connectivity index (χ3v) is 13.4. The summed E-state index contributed by atoms with van der Waals surface area (Å²) < 4.78 is 5.07. The van der Waals surface area contributed by atoms with Crippen molar-refractivity contribution in [1.29, 1.82) is 0 Å². The zero-order chi connectivity index (χ0) is 36.0. The van der Waals surface area contributed by atoms with E-state index in [9.17, 15) is 0 Å². The molecule has 0 unspecified atom stereocenters. The molecule has 2 heteroatoms. The van der Waals surface area contributed by atoms with Crippen LogP contribution in [0.4, 0.5) is 0 Å². The van der Waals surface area contributed by atoms with Crippen LogP contribution in [0.15, 0.2) is 133 Å². The minimum absolute atomic E-state index is 0.0834. The summed E-state index contributed by atoms with van der Waals surface area (Å²) in [5, 5.41) is 7.85. The Bertz CT molecular complexity index is 3020.